The van der Waals surface area contributed by atoms with E-state index >= 15 is 0 Å². The summed E-state index contributed by atoms with van der Waals surface area (Å²) < 4.78 is 0. The second-order valence-corrected chi connectivity index (χ2v) is 5.94. The van der Waals surface area contributed by atoms with Gasteiger partial charge in [0.15, 0.2) is 0 Å². The van der Waals surface area contributed by atoms with E-state index < -0.39 is 0 Å². The van der Waals surface area contributed by atoms with Gasteiger partial charge in [-0.25, -0.2) is 0 Å². The zero-order valence-electron chi connectivity index (χ0n) is 15.8. The summed E-state index contributed by atoms with van der Waals surface area (Å²) in [4.78, 5) is 20.0. The molecule has 0 aromatic heterocycles. The summed E-state index contributed by atoms with van der Waals surface area (Å²) in [5, 5.41) is 0. The molecule has 0 saturated carbocycles. The zero-order chi connectivity index (χ0) is 17.4. The standard InChI is InChI=1S/2C10H16O.Zn/c2*1-9(2)5-4-6-10(3)7-8-11;/h2*5,7-8H,4,6H2,1-3H3;/q;;+2/b2*10-7-;. The van der Waals surface area contributed by atoms with Crippen LogP contribution in [0, 0.1) is 0 Å². The molecule has 0 rings (SSSR count). The minimum Gasteiger partial charge on any atom is -0.299 e. The predicted molar refractivity (Wildman–Crippen MR) is 97.0 cm³/mol. The molecule has 0 aromatic carbocycles. The Hall–Kier alpha value is -1.08. The van der Waals surface area contributed by atoms with Crippen LogP contribution in [0.3, 0.4) is 0 Å². The molecule has 23 heavy (non-hydrogen) atoms. The molecule has 0 aliphatic heterocycles. The predicted octanol–water partition coefficient (Wildman–Crippen LogP) is 5.75. The van der Waals surface area contributed by atoms with E-state index in [9.17, 15) is 9.59 Å². The van der Waals surface area contributed by atoms with Crippen LogP contribution in [0.25, 0.3) is 0 Å². The normalized spacial score (nSPS) is 10.5. The first-order chi connectivity index (χ1) is 10.3. The van der Waals surface area contributed by atoms with Crippen molar-refractivity contribution < 1.29 is 29.1 Å². The van der Waals surface area contributed by atoms with Crippen LogP contribution in [-0.4, -0.2) is 12.6 Å². The van der Waals surface area contributed by atoms with Gasteiger partial charge in [0.1, 0.15) is 12.6 Å². The molecule has 124 valence electrons. The Kier molecular flexibility index (Phi) is 22.1. The van der Waals surface area contributed by atoms with Gasteiger partial charge in [0, 0.05) is 0 Å². The van der Waals surface area contributed by atoms with Gasteiger partial charge in [-0.2, -0.15) is 0 Å². The van der Waals surface area contributed by atoms with Crippen molar-refractivity contribution in [3.05, 3.63) is 46.6 Å². The van der Waals surface area contributed by atoms with Crippen molar-refractivity contribution in [3.63, 3.8) is 0 Å². The third-order valence-corrected chi connectivity index (χ3v) is 2.89. The Morgan fingerprint density at radius 2 is 0.957 bits per heavy atom. The van der Waals surface area contributed by atoms with Crippen molar-refractivity contribution in [2.75, 3.05) is 0 Å². The zero-order valence-corrected chi connectivity index (χ0v) is 18.8. The molecule has 0 saturated heterocycles. The number of allylic oxidation sites excluding steroid dienone is 8. The van der Waals surface area contributed by atoms with Crippen molar-refractivity contribution in [1.29, 1.82) is 0 Å². The number of hydrogen-bond acceptors (Lipinski definition) is 2. The summed E-state index contributed by atoms with van der Waals surface area (Å²) in [6, 6.07) is 0. The first-order valence-electron chi connectivity index (χ1n) is 7.82. The molecule has 0 aliphatic carbocycles. The van der Waals surface area contributed by atoms with E-state index in [2.05, 4.69) is 39.8 Å². The van der Waals surface area contributed by atoms with Crippen LogP contribution in [0.5, 0.6) is 0 Å². The summed E-state index contributed by atoms with van der Waals surface area (Å²) >= 11 is 0. The molecule has 0 amide bonds. The Balaban J connectivity index is -0.000000333. The Labute approximate surface area is 155 Å². The molecular weight excluding hydrogens is 338 g/mol. The average Bonchev–Trinajstić information content (AvgIpc) is 2.39. The fourth-order valence-electron chi connectivity index (χ4n) is 1.58. The van der Waals surface area contributed by atoms with Gasteiger partial charge in [-0.05, 0) is 79.4 Å². The van der Waals surface area contributed by atoms with Gasteiger partial charge in [-0.1, -0.05) is 34.4 Å². The first-order valence-corrected chi connectivity index (χ1v) is 7.82. The fraction of sp³-hybridized carbons (Fsp3) is 0.500. The van der Waals surface area contributed by atoms with Gasteiger partial charge in [-0.3, -0.25) is 9.59 Å². The van der Waals surface area contributed by atoms with Crippen LogP contribution < -0.4 is 0 Å². The molecule has 0 atom stereocenters. The van der Waals surface area contributed by atoms with Gasteiger partial charge < -0.3 is 0 Å². The van der Waals surface area contributed by atoms with Crippen LogP contribution >= 0.6 is 0 Å². The molecular formula is C20H32O2Zn+2. The van der Waals surface area contributed by atoms with Crippen molar-refractivity contribution in [2.24, 2.45) is 0 Å². The Bertz CT molecular complexity index is 391. The molecule has 0 spiro atoms. The van der Waals surface area contributed by atoms with Crippen molar-refractivity contribution in [1.82, 2.24) is 0 Å². The van der Waals surface area contributed by atoms with Gasteiger partial charge in [0.25, 0.3) is 0 Å². The molecule has 3 heteroatoms. The second kappa shape index (κ2) is 19.0. The van der Waals surface area contributed by atoms with E-state index in [0.29, 0.717) is 0 Å². The maximum absolute atomic E-state index is 10.0. The number of aldehydes is 2. The molecule has 0 heterocycles. The van der Waals surface area contributed by atoms with Crippen molar-refractivity contribution in [3.8, 4) is 0 Å². The number of carbonyl (C=O) groups excluding carboxylic acids is 2. The van der Waals surface area contributed by atoms with E-state index in [-0.39, 0.29) is 19.5 Å². The number of hydrogen-bond donors (Lipinski definition) is 0. The molecule has 2 nitrogen and oxygen atoms in total. The maximum Gasteiger partial charge on any atom is 2.00 e. The fourth-order valence-corrected chi connectivity index (χ4v) is 1.58. The SMILES string of the molecule is CC(C)=CCC/C(C)=C\C=O.CC(C)=CCC/C(C)=C\C=O.[Zn+2]. The molecule has 0 unspecified atom stereocenters. The van der Waals surface area contributed by atoms with E-state index in [1.165, 1.54) is 11.1 Å². The quantitative estimate of drug-likeness (QED) is 0.236. The summed E-state index contributed by atoms with van der Waals surface area (Å²) in [7, 11) is 0. The molecule has 0 radical (unpaired) electrons. The third-order valence-electron chi connectivity index (χ3n) is 2.89. The second-order valence-electron chi connectivity index (χ2n) is 5.94. The van der Waals surface area contributed by atoms with Gasteiger partial charge >= 0.3 is 19.5 Å². The molecule has 0 aromatic rings. The average molecular weight is 370 g/mol. The first kappa shape index (κ1) is 26.8. The third kappa shape index (κ3) is 26.2. The smallest absolute Gasteiger partial charge is 0.299 e. The van der Waals surface area contributed by atoms with Crippen LogP contribution in [0.15, 0.2) is 46.6 Å². The summed E-state index contributed by atoms with van der Waals surface area (Å²) in [6.45, 7) is 12.3. The van der Waals surface area contributed by atoms with Crippen LogP contribution in [0.4, 0.5) is 0 Å². The van der Waals surface area contributed by atoms with E-state index in [1.807, 2.05) is 13.8 Å². The van der Waals surface area contributed by atoms with Crippen LogP contribution in [0.1, 0.15) is 67.2 Å². The summed E-state index contributed by atoms with van der Waals surface area (Å²) in [6.07, 6.45) is 13.4. The Morgan fingerprint density at radius 1 is 0.652 bits per heavy atom. The molecule has 0 bridgehead atoms. The molecule has 0 N–H and O–H groups in total. The number of rotatable bonds is 8. The topological polar surface area (TPSA) is 34.1 Å². The van der Waals surface area contributed by atoms with E-state index in [4.69, 9.17) is 0 Å². The maximum atomic E-state index is 10.0. The minimum atomic E-state index is 0. The monoisotopic (exact) mass is 368 g/mol. The molecule has 0 aliphatic rings. The summed E-state index contributed by atoms with van der Waals surface area (Å²) in [5.41, 5.74) is 4.97. The largest absolute Gasteiger partial charge is 2.00 e. The van der Waals surface area contributed by atoms with Gasteiger partial charge in [-0.15, -0.1) is 0 Å². The van der Waals surface area contributed by atoms with E-state index in [0.717, 1.165) is 49.4 Å². The van der Waals surface area contributed by atoms with Gasteiger partial charge in [0.2, 0.25) is 0 Å². The summed E-state index contributed by atoms with van der Waals surface area (Å²) in [5.74, 6) is 0. The van der Waals surface area contributed by atoms with Crippen LogP contribution in [-0.2, 0) is 29.1 Å². The van der Waals surface area contributed by atoms with Crippen molar-refractivity contribution >= 4 is 12.6 Å². The Morgan fingerprint density at radius 3 is 1.17 bits per heavy atom. The van der Waals surface area contributed by atoms with E-state index in [1.54, 1.807) is 12.2 Å². The van der Waals surface area contributed by atoms with Crippen molar-refractivity contribution in [2.45, 2.75) is 67.2 Å². The molecule has 0 fully saturated rings. The minimum absolute atomic E-state index is 0. The van der Waals surface area contributed by atoms with Crippen LogP contribution in [0.2, 0.25) is 0 Å². The number of carbonyl (C=O) groups is 2. The van der Waals surface area contributed by atoms with Gasteiger partial charge in [0.05, 0.1) is 0 Å².